The summed E-state index contributed by atoms with van der Waals surface area (Å²) < 4.78 is 0. The molecule has 2 aromatic carbocycles. The number of hydrogen-bond donors (Lipinski definition) is 2. The third kappa shape index (κ3) is 3.20. The smallest absolute Gasteiger partial charge is 0.255 e. The summed E-state index contributed by atoms with van der Waals surface area (Å²) in [6.07, 6.45) is 0. The minimum Gasteiger partial charge on any atom is -0.326 e. The lowest BCUT2D eigenvalue weighted by Gasteiger charge is -2.09. The van der Waals surface area contributed by atoms with E-state index < -0.39 is 0 Å². The van der Waals surface area contributed by atoms with Crippen molar-refractivity contribution in [1.82, 2.24) is 0 Å². The first-order valence-corrected chi connectivity index (χ1v) is 6.28. The summed E-state index contributed by atoms with van der Waals surface area (Å²) in [6.45, 7) is 4.46. The Morgan fingerprint density at radius 3 is 2.37 bits per heavy atom. The van der Waals surface area contributed by atoms with Gasteiger partial charge in [-0.15, -0.1) is 0 Å². The van der Waals surface area contributed by atoms with Gasteiger partial charge in [-0.25, -0.2) is 0 Å². The molecule has 0 radical (unpaired) electrons. The Morgan fingerprint density at radius 2 is 1.79 bits per heavy atom. The first-order valence-electron chi connectivity index (χ1n) is 6.28. The fourth-order valence-corrected chi connectivity index (χ4v) is 1.99. The zero-order valence-corrected chi connectivity index (χ0v) is 11.2. The number of benzene rings is 2. The molecule has 19 heavy (non-hydrogen) atoms. The van der Waals surface area contributed by atoms with Crippen molar-refractivity contribution in [2.75, 3.05) is 5.32 Å². The van der Waals surface area contributed by atoms with Gasteiger partial charge in [0.1, 0.15) is 0 Å². The average molecular weight is 254 g/mol. The van der Waals surface area contributed by atoms with Gasteiger partial charge < -0.3 is 11.1 Å². The second kappa shape index (κ2) is 5.67. The normalized spacial score (nSPS) is 10.3. The Hall–Kier alpha value is -2.13. The molecule has 0 fully saturated rings. The van der Waals surface area contributed by atoms with Crippen LogP contribution in [0.3, 0.4) is 0 Å². The van der Waals surface area contributed by atoms with Gasteiger partial charge in [0.05, 0.1) is 0 Å². The van der Waals surface area contributed by atoms with E-state index in [0.29, 0.717) is 12.1 Å². The fourth-order valence-electron chi connectivity index (χ4n) is 1.99. The molecule has 2 rings (SSSR count). The molecule has 3 heteroatoms. The van der Waals surface area contributed by atoms with E-state index in [9.17, 15) is 4.79 Å². The third-order valence-corrected chi connectivity index (χ3v) is 3.07. The van der Waals surface area contributed by atoms with Gasteiger partial charge in [-0.3, -0.25) is 4.79 Å². The maximum absolute atomic E-state index is 12.2. The van der Waals surface area contributed by atoms with Crippen LogP contribution in [0.5, 0.6) is 0 Å². The molecule has 0 aromatic heterocycles. The van der Waals surface area contributed by atoms with Crippen molar-refractivity contribution in [2.45, 2.75) is 20.4 Å². The SMILES string of the molecule is Cc1ccc(C(=O)Nc2ccc(CN)cc2)c(C)c1. The van der Waals surface area contributed by atoms with Crippen LogP contribution in [-0.4, -0.2) is 5.91 Å². The summed E-state index contributed by atoms with van der Waals surface area (Å²) in [5, 5.41) is 2.89. The van der Waals surface area contributed by atoms with Crippen LogP contribution < -0.4 is 11.1 Å². The van der Waals surface area contributed by atoms with E-state index in [-0.39, 0.29) is 5.91 Å². The summed E-state index contributed by atoms with van der Waals surface area (Å²) in [4.78, 5) is 12.2. The maximum Gasteiger partial charge on any atom is 0.255 e. The van der Waals surface area contributed by atoms with E-state index in [4.69, 9.17) is 5.73 Å². The van der Waals surface area contributed by atoms with Crippen LogP contribution in [0.4, 0.5) is 5.69 Å². The number of nitrogens with one attached hydrogen (secondary N) is 1. The Morgan fingerprint density at radius 1 is 1.11 bits per heavy atom. The number of nitrogens with two attached hydrogens (primary N) is 1. The van der Waals surface area contributed by atoms with Crippen LogP contribution in [0.2, 0.25) is 0 Å². The molecular formula is C16H18N2O. The van der Waals surface area contributed by atoms with Crippen LogP contribution in [0.25, 0.3) is 0 Å². The molecule has 2 aromatic rings. The quantitative estimate of drug-likeness (QED) is 0.884. The monoisotopic (exact) mass is 254 g/mol. The predicted octanol–water partition coefficient (Wildman–Crippen LogP) is 3.01. The number of carbonyl (C=O) groups is 1. The number of aryl methyl sites for hydroxylation is 2. The molecule has 0 heterocycles. The molecule has 3 N–H and O–H groups in total. The Balaban J connectivity index is 2.15. The summed E-state index contributed by atoms with van der Waals surface area (Å²) >= 11 is 0. The van der Waals surface area contributed by atoms with Gasteiger partial charge in [0, 0.05) is 17.8 Å². The van der Waals surface area contributed by atoms with Crippen molar-refractivity contribution in [3.05, 3.63) is 64.7 Å². The molecular weight excluding hydrogens is 236 g/mol. The first-order chi connectivity index (χ1) is 9.10. The fraction of sp³-hybridized carbons (Fsp3) is 0.188. The lowest BCUT2D eigenvalue weighted by atomic mass is 10.1. The summed E-state index contributed by atoms with van der Waals surface area (Å²) in [6, 6.07) is 13.4. The molecule has 98 valence electrons. The molecule has 0 atom stereocenters. The third-order valence-electron chi connectivity index (χ3n) is 3.07. The van der Waals surface area contributed by atoms with Crippen molar-refractivity contribution in [2.24, 2.45) is 5.73 Å². The molecule has 0 spiro atoms. The zero-order chi connectivity index (χ0) is 13.8. The molecule has 0 unspecified atom stereocenters. The number of hydrogen-bond acceptors (Lipinski definition) is 2. The lowest BCUT2D eigenvalue weighted by molar-refractivity contribution is 0.102. The van der Waals surface area contributed by atoms with Gasteiger partial charge in [0.2, 0.25) is 0 Å². The first kappa shape index (κ1) is 13.3. The van der Waals surface area contributed by atoms with Gasteiger partial charge in [0.15, 0.2) is 0 Å². The molecule has 0 aliphatic carbocycles. The van der Waals surface area contributed by atoms with E-state index in [1.54, 1.807) is 0 Å². The zero-order valence-electron chi connectivity index (χ0n) is 11.2. The van der Waals surface area contributed by atoms with Crippen LogP contribution >= 0.6 is 0 Å². The molecule has 1 amide bonds. The van der Waals surface area contributed by atoms with Crippen molar-refractivity contribution in [1.29, 1.82) is 0 Å². The van der Waals surface area contributed by atoms with Crippen molar-refractivity contribution >= 4 is 11.6 Å². The molecule has 0 saturated carbocycles. The van der Waals surface area contributed by atoms with Gasteiger partial charge in [-0.05, 0) is 43.2 Å². The molecule has 0 aliphatic heterocycles. The van der Waals surface area contributed by atoms with E-state index in [2.05, 4.69) is 5.32 Å². The maximum atomic E-state index is 12.2. The second-order valence-electron chi connectivity index (χ2n) is 4.67. The number of anilines is 1. The highest BCUT2D eigenvalue weighted by atomic mass is 16.1. The number of carbonyl (C=O) groups excluding carboxylic acids is 1. The lowest BCUT2D eigenvalue weighted by Crippen LogP contribution is -2.13. The van der Waals surface area contributed by atoms with Crippen molar-refractivity contribution < 1.29 is 4.79 Å². The minimum atomic E-state index is -0.0852. The van der Waals surface area contributed by atoms with Gasteiger partial charge in [0.25, 0.3) is 5.91 Å². The van der Waals surface area contributed by atoms with Gasteiger partial charge in [-0.1, -0.05) is 29.8 Å². The molecule has 0 aliphatic rings. The van der Waals surface area contributed by atoms with Crippen LogP contribution in [-0.2, 0) is 6.54 Å². The standard InChI is InChI=1S/C16H18N2O/c1-11-3-8-15(12(2)9-11)16(19)18-14-6-4-13(10-17)5-7-14/h3-9H,10,17H2,1-2H3,(H,18,19). The van der Waals surface area contributed by atoms with Crippen LogP contribution in [0.1, 0.15) is 27.0 Å². The Labute approximate surface area is 113 Å². The summed E-state index contributed by atoms with van der Waals surface area (Å²) in [5.41, 5.74) is 10.2. The van der Waals surface area contributed by atoms with Crippen LogP contribution in [0.15, 0.2) is 42.5 Å². The van der Waals surface area contributed by atoms with E-state index in [1.165, 1.54) is 0 Å². The average Bonchev–Trinajstić information content (AvgIpc) is 2.39. The van der Waals surface area contributed by atoms with Gasteiger partial charge >= 0.3 is 0 Å². The topological polar surface area (TPSA) is 55.1 Å². The largest absolute Gasteiger partial charge is 0.326 e. The summed E-state index contributed by atoms with van der Waals surface area (Å²) in [5.74, 6) is -0.0852. The number of amides is 1. The van der Waals surface area contributed by atoms with Crippen LogP contribution in [0, 0.1) is 13.8 Å². The second-order valence-corrected chi connectivity index (χ2v) is 4.67. The van der Waals surface area contributed by atoms with E-state index >= 15 is 0 Å². The van der Waals surface area contributed by atoms with Gasteiger partial charge in [-0.2, -0.15) is 0 Å². The number of rotatable bonds is 3. The highest BCUT2D eigenvalue weighted by Crippen LogP contribution is 2.14. The molecule has 0 bridgehead atoms. The van der Waals surface area contributed by atoms with E-state index in [0.717, 1.165) is 22.4 Å². The summed E-state index contributed by atoms with van der Waals surface area (Å²) in [7, 11) is 0. The Bertz CT molecular complexity index is 588. The molecule has 0 saturated heterocycles. The highest BCUT2D eigenvalue weighted by molar-refractivity contribution is 6.05. The van der Waals surface area contributed by atoms with E-state index in [1.807, 2.05) is 56.3 Å². The molecule has 3 nitrogen and oxygen atoms in total. The Kier molecular flexibility index (Phi) is 3.97. The predicted molar refractivity (Wildman–Crippen MR) is 78.2 cm³/mol. The minimum absolute atomic E-state index is 0.0852. The van der Waals surface area contributed by atoms with Crippen molar-refractivity contribution in [3.63, 3.8) is 0 Å². The highest BCUT2D eigenvalue weighted by Gasteiger charge is 2.09. The van der Waals surface area contributed by atoms with Crippen molar-refractivity contribution in [3.8, 4) is 0 Å².